The lowest BCUT2D eigenvalue weighted by Crippen LogP contribution is -2.07. The minimum absolute atomic E-state index is 0.0271. The maximum absolute atomic E-state index is 12.9. The van der Waals surface area contributed by atoms with Crippen LogP contribution in [0.2, 0.25) is 5.02 Å². The van der Waals surface area contributed by atoms with E-state index < -0.39 is 25.3 Å². The lowest BCUT2D eigenvalue weighted by Gasteiger charge is -2.09. The van der Waals surface area contributed by atoms with Gasteiger partial charge in [0.15, 0.2) is 4.90 Å². The zero-order valence-electron chi connectivity index (χ0n) is 11.5. The highest BCUT2D eigenvalue weighted by molar-refractivity contribution is 7.91. The largest absolute Gasteiger partial charge is 0.290 e. The molecule has 0 saturated heterocycles. The molecule has 8 heteroatoms. The van der Waals surface area contributed by atoms with Crippen LogP contribution in [0.25, 0.3) is 10.9 Å². The molecule has 6 nitrogen and oxygen atoms in total. The number of nitrogens with zero attached hydrogens (tertiary/aromatic N) is 2. The highest BCUT2D eigenvalue weighted by Gasteiger charge is 2.31. The second-order valence-corrected chi connectivity index (χ2v) is 6.97. The molecule has 0 unspecified atom stereocenters. The Morgan fingerprint density at radius 2 is 1.78 bits per heavy atom. The molecular weight excluding hydrogens is 340 g/mol. The third kappa shape index (κ3) is 2.54. The monoisotopic (exact) mass is 348 g/mol. The van der Waals surface area contributed by atoms with Crippen molar-refractivity contribution in [3.8, 4) is 0 Å². The summed E-state index contributed by atoms with van der Waals surface area (Å²) < 4.78 is 25.8. The first-order valence-corrected chi connectivity index (χ1v) is 8.31. The van der Waals surface area contributed by atoms with Crippen LogP contribution in [0.15, 0.2) is 64.5 Å². The van der Waals surface area contributed by atoms with E-state index in [1.165, 1.54) is 30.5 Å². The summed E-state index contributed by atoms with van der Waals surface area (Å²) in [6.45, 7) is 0. The van der Waals surface area contributed by atoms with Crippen LogP contribution in [0.1, 0.15) is 0 Å². The molecule has 0 aliphatic carbocycles. The van der Waals surface area contributed by atoms with Crippen molar-refractivity contribution in [1.29, 1.82) is 0 Å². The fourth-order valence-electron chi connectivity index (χ4n) is 2.31. The number of nitro benzene ring substituents is 1. The molecular formula is C15H9ClN2O4S. The molecule has 0 N–H and O–H groups in total. The summed E-state index contributed by atoms with van der Waals surface area (Å²) in [5.74, 6) is 0. The number of benzene rings is 2. The molecule has 0 atom stereocenters. The molecule has 0 saturated carbocycles. The number of pyridine rings is 1. The van der Waals surface area contributed by atoms with Gasteiger partial charge in [0.2, 0.25) is 9.84 Å². The lowest BCUT2D eigenvalue weighted by molar-refractivity contribution is -0.387. The summed E-state index contributed by atoms with van der Waals surface area (Å²) in [5, 5.41) is 11.5. The average Bonchev–Trinajstić information content (AvgIpc) is 2.55. The van der Waals surface area contributed by atoms with Crippen molar-refractivity contribution >= 4 is 38.0 Å². The normalized spacial score (nSPS) is 11.5. The number of halogens is 1. The Labute approximate surface area is 136 Å². The molecule has 2 aromatic carbocycles. The van der Waals surface area contributed by atoms with Crippen molar-refractivity contribution in [1.82, 2.24) is 4.98 Å². The van der Waals surface area contributed by atoms with E-state index in [4.69, 9.17) is 11.6 Å². The summed E-state index contributed by atoms with van der Waals surface area (Å²) in [6.07, 6.45) is 1.44. The molecule has 116 valence electrons. The van der Waals surface area contributed by atoms with Gasteiger partial charge in [-0.3, -0.25) is 15.1 Å². The zero-order valence-corrected chi connectivity index (χ0v) is 13.1. The molecule has 1 aromatic heterocycles. The van der Waals surface area contributed by atoms with Crippen LogP contribution in [0.5, 0.6) is 0 Å². The topological polar surface area (TPSA) is 90.2 Å². The van der Waals surface area contributed by atoms with E-state index in [9.17, 15) is 18.5 Å². The zero-order chi connectivity index (χ0) is 16.6. The first kappa shape index (κ1) is 15.4. The Morgan fingerprint density at radius 1 is 1.09 bits per heavy atom. The SMILES string of the molecule is O=[N+]([O-])c1cc(Cl)c2ncccc2c1S(=O)(=O)c1ccccc1. The van der Waals surface area contributed by atoms with E-state index in [0.29, 0.717) is 0 Å². The third-order valence-electron chi connectivity index (χ3n) is 3.29. The van der Waals surface area contributed by atoms with Gasteiger partial charge in [0.05, 0.1) is 20.4 Å². The van der Waals surface area contributed by atoms with E-state index in [-0.39, 0.29) is 20.8 Å². The Morgan fingerprint density at radius 3 is 2.43 bits per heavy atom. The van der Waals surface area contributed by atoms with Crippen LogP contribution in [-0.4, -0.2) is 18.3 Å². The Balaban J connectivity index is 2.48. The van der Waals surface area contributed by atoms with Gasteiger partial charge in [-0.15, -0.1) is 0 Å². The van der Waals surface area contributed by atoms with E-state index in [1.807, 2.05) is 0 Å². The number of fused-ring (bicyclic) bond motifs is 1. The van der Waals surface area contributed by atoms with Gasteiger partial charge in [0.1, 0.15) is 0 Å². The molecule has 0 radical (unpaired) electrons. The molecule has 0 amide bonds. The summed E-state index contributed by atoms with van der Waals surface area (Å²) in [5.41, 5.74) is -0.367. The maximum atomic E-state index is 12.9. The van der Waals surface area contributed by atoms with Gasteiger partial charge in [-0.1, -0.05) is 29.8 Å². The van der Waals surface area contributed by atoms with Crippen molar-refractivity contribution < 1.29 is 13.3 Å². The van der Waals surface area contributed by atoms with Crippen molar-refractivity contribution in [2.75, 3.05) is 0 Å². The molecule has 0 spiro atoms. The number of hydrogen-bond acceptors (Lipinski definition) is 5. The van der Waals surface area contributed by atoms with Gasteiger partial charge in [-0.05, 0) is 24.3 Å². The standard InChI is InChI=1S/C15H9ClN2O4S/c16-12-9-13(18(19)20)15(11-7-4-8-17-14(11)12)23(21,22)10-5-2-1-3-6-10/h1-9H. The molecule has 3 aromatic rings. The van der Waals surface area contributed by atoms with Gasteiger partial charge >= 0.3 is 0 Å². The van der Waals surface area contributed by atoms with Crippen molar-refractivity contribution in [2.24, 2.45) is 0 Å². The quantitative estimate of drug-likeness (QED) is 0.532. The number of rotatable bonds is 3. The van der Waals surface area contributed by atoms with Gasteiger partial charge in [-0.25, -0.2) is 8.42 Å². The molecule has 3 rings (SSSR count). The highest BCUT2D eigenvalue weighted by atomic mass is 35.5. The molecule has 23 heavy (non-hydrogen) atoms. The molecule has 1 heterocycles. The van der Waals surface area contributed by atoms with Crippen LogP contribution >= 0.6 is 11.6 Å². The Bertz CT molecular complexity index is 1020. The maximum Gasteiger partial charge on any atom is 0.290 e. The van der Waals surface area contributed by atoms with Crippen LogP contribution in [0.4, 0.5) is 5.69 Å². The predicted molar refractivity (Wildman–Crippen MR) is 85.3 cm³/mol. The number of sulfone groups is 1. The van der Waals surface area contributed by atoms with Crippen molar-refractivity contribution in [3.05, 3.63) is 69.9 Å². The minimum atomic E-state index is -4.10. The van der Waals surface area contributed by atoms with Gasteiger partial charge in [0.25, 0.3) is 5.69 Å². The Hall–Kier alpha value is -2.51. The average molecular weight is 349 g/mol. The summed E-state index contributed by atoms with van der Waals surface area (Å²) in [4.78, 5) is 14.2. The first-order valence-electron chi connectivity index (χ1n) is 6.44. The van der Waals surface area contributed by atoms with Gasteiger partial charge in [0, 0.05) is 17.6 Å². The minimum Gasteiger partial charge on any atom is -0.258 e. The second kappa shape index (κ2) is 5.60. The number of aromatic nitrogens is 1. The van der Waals surface area contributed by atoms with Crippen LogP contribution in [0, 0.1) is 10.1 Å². The van der Waals surface area contributed by atoms with Gasteiger partial charge in [-0.2, -0.15) is 0 Å². The lowest BCUT2D eigenvalue weighted by atomic mass is 10.2. The molecule has 0 bridgehead atoms. The number of nitro groups is 1. The van der Waals surface area contributed by atoms with E-state index in [1.54, 1.807) is 18.2 Å². The molecule has 0 aliphatic rings. The highest BCUT2D eigenvalue weighted by Crippen LogP contribution is 2.38. The third-order valence-corrected chi connectivity index (χ3v) is 5.44. The van der Waals surface area contributed by atoms with E-state index in [2.05, 4.69) is 4.98 Å². The van der Waals surface area contributed by atoms with Crippen molar-refractivity contribution in [2.45, 2.75) is 9.79 Å². The first-order chi connectivity index (χ1) is 10.9. The summed E-state index contributed by atoms with van der Waals surface area (Å²) in [7, 11) is -4.10. The second-order valence-electron chi connectivity index (χ2n) is 4.68. The van der Waals surface area contributed by atoms with Gasteiger partial charge < -0.3 is 0 Å². The predicted octanol–water partition coefficient (Wildman–Crippen LogP) is 3.63. The van der Waals surface area contributed by atoms with Crippen LogP contribution in [0.3, 0.4) is 0 Å². The summed E-state index contributed by atoms with van der Waals surface area (Å²) >= 11 is 6.01. The fourth-order valence-corrected chi connectivity index (χ4v) is 4.17. The summed E-state index contributed by atoms with van der Waals surface area (Å²) in [6, 6.07) is 11.5. The fraction of sp³-hybridized carbons (Fsp3) is 0. The number of hydrogen-bond donors (Lipinski definition) is 0. The smallest absolute Gasteiger partial charge is 0.258 e. The molecule has 0 fully saturated rings. The van der Waals surface area contributed by atoms with E-state index >= 15 is 0 Å². The van der Waals surface area contributed by atoms with E-state index in [0.717, 1.165) is 6.07 Å². The Kier molecular flexibility index (Phi) is 3.75. The van der Waals surface area contributed by atoms with Crippen LogP contribution in [-0.2, 0) is 9.84 Å². The molecule has 0 aliphatic heterocycles. The van der Waals surface area contributed by atoms with Crippen LogP contribution < -0.4 is 0 Å². The van der Waals surface area contributed by atoms with Crippen molar-refractivity contribution in [3.63, 3.8) is 0 Å².